The van der Waals surface area contributed by atoms with Crippen LogP contribution in [0.4, 0.5) is 0 Å². The number of methoxy groups -OCH3 is 1. The molecule has 1 atom stereocenters. The van der Waals surface area contributed by atoms with Crippen LogP contribution in [0.3, 0.4) is 0 Å². The first-order valence-corrected chi connectivity index (χ1v) is 7.35. The topological polar surface area (TPSA) is 79.4 Å². The molecule has 6 heteroatoms. The second-order valence-corrected chi connectivity index (χ2v) is 5.49. The summed E-state index contributed by atoms with van der Waals surface area (Å²) in [7, 11) is 3.35. The minimum absolute atomic E-state index is 0.0752. The van der Waals surface area contributed by atoms with E-state index in [0.717, 1.165) is 16.3 Å². The fourth-order valence-electron chi connectivity index (χ4n) is 2.66. The molecule has 0 aliphatic rings. The van der Waals surface area contributed by atoms with Crippen molar-refractivity contribution in [2.75, 3.05) is 20.3 Å². The molecule has 0 fully saturated rings. The van der Waals surface area contributed by atoms with E-state index < -0.39 is 0 Å². The van der Waals surface area contributed by atoms with Crippen LogP contribution in [-0.2, 0) is 11.8 Å². The Morgan fingerprint density at radius 3 is 2.83 bits per heavy atom. The van der Waals surface area contributed by atoms with Crippen molar-refractivity contribution in [2.24, 2.45) is 12.8 Å². The number of nitrogens with zero attached hydrogens (tertiary/aromatic N) is 2. The number of benzene rings is 1. The van der Waals surface area contributed by atoms with Gasteiger partial charge >= 0.3 is 0 Å². The monoisotopic (exact) mass is 313 g/mol. The lowest BCUT2D eigenvalue weighted by atomic mass is 10.1. The highest BCUT2D eigenvalue weighted by Gasteiger charge is 2.10. The highest BCUT2D eigenvalue weighted by Crippen LogP contribution is 2.25. The largest absolute Gasteiger partial charge is 0.492 e. The van der Waals surface area contributed by atoms with Gasteiger partial charge in [0.1, 0.15) is 12.4 Å². The maximum absolute atomic E-state index is 12.5. The minimum Gasteiger partial charge on any atom is -0.492 e. The number of pyridine rings is 2. The maximum Gasteiger partial charge on any atom is 0.260 e. The van der Waals surface area contributed by atoms with E-state index in [0.29, 0.717) is 24.3 Å². The van der Waals surface area contributed by atoms with Crippen LogP contribution in [0.25, 0.3) is 21.7 Å². The molecule has 2 aromatic heterocycles. The van der Waals surface area contributed by atoms with Crippen LogP contribution in [0, 0.1) is 0 Å². The fourth-order valence-corrected chi connectivity index (χ4v) is 2.66. The van der Waals surface area contributed by atoms with Gasteiger partial charge in [-0.15, -0.1) is 0 Å². The standard InChI is InChI=1S/C17H19N3O3/c1-20-16-7-12(23-10-11(18)9-22-2)3-4-14(16)13-5-6-19-8-15(13)17(20)21/h3-8,11H,9-10,18H2,1-2H3. The summed E-state index contributed by atoms with van der Waals surface area (Å²) < 4.78 is 12.3. The zero-order valence-electron chi connectivity index (χ0n) is 13.2. The number of aromatic nitrogens is 2. The Balaban J connectivity index is 2.05. The van der Waals surface area contributed by atoms with Crippen LogP contribution in [-0.4, -0.2) is 35.9 Å². The first kappa shape index (κ1) is 15.5. The number of hydrogen-bond donors (Lipinski definition) is 1. The number of rotatable bonds is 5. The van der Waals surface area contributed by atoms with Gasteiger partial charge in [-0.2, -0.15) is 0 Å². The van der Waals surface area contributed by atoms with E-state index in [-0.39, 0.29) is 11.6 Å². The fraction of sp³-hybridized carbons (Fsp3) is 0.294. The van der Waals surface area contributed by atoms with E-state index in [4.69, 9.17) is 15.2 Å². The van der Waals surface area contributed by atoms with E-state index >= 15 is 0 Å². The van der Waals surface area contributed by atoms with Gasteiger partial charge in [-0.05, 0) is 23.6 Å². The quantitative estimate of drug-likeness (QED) is 0.721. The van der Waals surface area contributed by atoms with Crippen LogP contribution in [0.15, 0.2) is 41.5 Å². The van der Waals surface area contributed by atoms with Crippen molar-refractivity contribution in [2.45, 2.75) is 6.04 Å². The molecule has 0 saturated carbocycles. The van der Waals surface area contributed by atoms with Gasteiger partial charge in [0.15, 0.2) is 0 Å². The third-order valence-corrected chi connectivity index (χ3v) is 3.82. The number of ether oxygens (including phenoxy) is 2. The summed E-state index contributed by atoms with van der Waals surface area (Å²) in [6, 6.07) is 7.35. The highest BCUT2D eigenvalue weighted by molar-refractivity contribution is 6.05. The smallest absolute Gasteiger partial charge is 0.260 e. The molecule has 23 heavy (non-hydrogen) atoms. The summed E-state index contributed by atoms with van der Waals surface area (Å²) in [6.45, 7) is 0.786. The maximum atomic E-state index is 12.5. The van der Waals surface area contributed by atoms with Gasteiger partial charge in [-0.3, -0.25) is 9.78 Å². The van der Waals surface area contributed by atoms with Crippen LogP contribution in [0.1, 0.15) is 0 Å². The van der Waals surface area contributed by atoms with Gasteiger partial charge in [0.25, 0.3) is 5.56 Å². The van der Waals surface area contributed by atoms with E-state index in [1.807, 2.05) is 24.3 Å². The molecule has 2 N–H and O–H groups in total. The zero-order chi connectivity index (χ0) is 16.4. The normalized spacial score (nSPS) is 12.7. The molecule has 1 unspecified atom stereocenters. The van der Waals surface area contributed by atoms with Crippen LogP contribution in [0.5, 0.6) is 5.75 Å². The Bertz CT molecular complexity index is 905. The predicted octanol–water partition coefficient (Wildman–Crippen LogP) is 1.44. The van der Waals surface area contributed by atoms with Crippen LogP contribution in [0.2, 0.25) is 0 Å². The predicted molar refractivity (Wildman–Crippen MR) is 89.8 cm³/mol. The van der Waals surface area contributed by atoms with Crippen molar-refractivity contribution in [3.63, 3.8) is 0 Å². The van der Waals surface area contributed by atoms with Gasteiger partial charge in [0, 0.05) is 38.0 Å². The van der Waals surface area contributed by atoms with E-state index in [9.17, 15) is 4.79 Å². The van der Waals surface area contributed by atoms with E-state index in [1.54, 1.807) is 31.1 Å². The third-order valence-electron chi connectivity index (χ3n) is 3.82. The molecule has 120 valence electrons. The Labute approximate surface area is 133 Å². The molecule has 3 rings (SSSR count). The Kier molecular flexibility index (Phi) is 4.27. The number of hydrogen-bond acceptors (Lipinski definition) is 5. The molecule has 1 aromatic carbocycles. The summed E-state index contributed by atoms with van der Waals surface area (Å²) in [6.07, 6.45) is 3.29. The van der Waals surface area contributed by atoms with E-state index in [2.05, 4.69) is 4.98 Å². The number of nitrogens with two attached hydrogens (primary N) is 1. The summed E-state index contributed by atoms with van der Waals surface area (Å²) in [4.78, 5) is 16.5. The van der Waals surface area contributed by atoms with Crippen LogP contribution >= 0.6 is 0 Å². The molecule has 3 aromatic rings. The molecular weight excluding hydrogens is 294 g/mol. The van der Waals surface area contributed by atoms with Crippen molar-refractivity contribution in [3.8, 4) is 5.75 Å². The van der Waals surface area contributed by atoms with Gasteiger partial charge in [0.05, 0.1) is 23.6 Å². The first-order valence-electron chi connectivity index (χ1n) is 7.35. The Morgan fingerprint density at radius 1 is 1.22 bits per heavy atom. The summed E-state index contributed by atoms with van der Waals surface area (Å²) >= 11 is 0. The molecule has 0 saturated heterocycles. The van der Waals surface area contributed by atoms with Gasteiger partial charge in [0.2, 0.25) is 0 Å². The number of fused-ring (bicyclic) bond motifs is 3. The highest BCUT2D eigenvalue weighted by atomic mass is 16.5. The molecule has 0 spiro atoms. The molecule has 0 aliphatic heterocycles. The average Bonchev–Trinajstić information content (AvgIpc) is 2.58. The average molecular weight is 313 g/mol. The lowest BCUT2D eigenvalue weighted by Crippen LogP contribution is -2.32. The number of aryl methyl sites for hydroxylation is 1. The molecule has 0 radical (unpaired) electrons. The van der Waals surface area contributed by atoms with E-state index in [1.165, 1.54) is 0 Å². The Morgan fingerprint density at radius 2 is 2.04 bits per heavy atom. The second kappa shape index (κ2) is 6.36. The zero-order valence-corrected chi connectivity index (χ0v) is 13.2. The first-order chi connectivity index (χ1) is 11.1. The van der Waals surface area contributed by atoms with Gasteiger partial charge in [-0.25, -0.2) is 0 Å². The third kappa shape index (κ3) is 2.91. The second-order valence-electron chi connectivity index (χ2n) is 5.49. The van der Waals surface area contributed by atoms with Crippen molar-refractivity contribution in [1.82, 2.24) is 9.55 Å². The van der Waals surface area contributed by atoms with Gasteiger partial charge < -0.3 is 19.8 Å². The molecule has 0 aliphatic carbocycles. The van der Waals surface area contributed by atoms with Crippen molar-refractivity contribution >= 4 is 21.7 Å². The molecule has 6 nitrogen and oxygen atoms in total. The molecule has 0 amide bonds. The van der Waals surface area contributed by atoms with Crippen LogP contribution < -0.4 is 16.0 Å². The molecule has 0 bridgehead atoms. The van der Waals surface area contributed by atoms with Crippen molar-refractivity contribution < 1.29 is 9.47 Å². The van der Waals surface area contributed by atoms with Gasteiger partial charge in [-0.1, -0.05) is 0 Å². The lowest BCUT2D eigenvalue weighted by molar-refractivity contribution is 0.153. The summed E-state index contributed by atoms with van der Waals surface area (Å²) in [5.74, 6) is 0.674. The van der Waals surface area contributed by atoms with Crippen molar-refractivity contribution in [3.05, 3.63) is 47.0 Å². The summed E-state index contributed by atoms with van der Waals surface area (Å²) in [5.41, 5.74) is 6.60. The molecule has 2 heterocycles. The van der Waals surface area contributed by atoms with Crippen molar-refractivity contribution in [1.29, 1.82) is 0 Å². The minimum atomic E-state index is -0.192. The summed E-state index contributed by atoms with van der Waals surface area (Å²) in [5, 5.41) is 2.48. The SMILES string of the molecule is COCC(N)COc1ccc2c3ccncc3c(=O)n(C)c2c1. The Hall–Kier alpha value is -2.44. The lowest BCUT2D eigenvalue weighted by Gasteiger charge is -2.14. The molecular formula is C17H19N3O3.